The predicted octanol–water partition coefficient (Wildman–Crippen LogP) is 0.757. The van der Waals surface area contributed by atoms with Crippen molar-refractivity contribution in [2.45, 2.75) is 31.3 Å². The van der Waals surface area contributed by atoms with E-state index in [9.17, 15) is 5.11 Å². The van der Waals surface area contributed by atoms with E-state index in [-0.39, 0.29) is 5.60 Å². The van der Waals surface area contributed by atoms with E-state index >= 15 is 0 Å². The Labute approximate surface area is 73.4 Å². The van der Waals surface area contributed by atoms with Gasteiger partial charge in [0.15, 0.2) is 0 Å². The Morgan fingerprint density at radius 1 is 1.17 bits per heavy atom. The molecule has 2 saturated carbocycles. The molecule has 1 heterocycles. The second-order valence-electron chi connectivity index (χ2n) is 4.93. The van der Waals surface area contributed by atoms with E-state index in [1.54, 1.807) is 0 Å². The molecular weight excluding hydrogens is 150 g/mol. The van der Waals surface area contributed by atoms with E-state index in [0.717, 1.165) is 25.4 Å². The van der Waals surface area contributed by atoms with Crippen molar-refractivity contribution in [1.82, 2.24) is 5.32 Å². The fourth-order valence-electron chi connectivity index (χ4n) is 3.49. The zero-order valence-electron chi connectivity index (χ0n) is 7.42. The van der Waals surface area contributed by atoms with Gasteiger partial charge in [-0.15, -0.1) is 0 Å². The molecule has 3 aliphatic rings. The molecule has 0 aromatic rings. The van der Waals surface area contributed by atoms with Gasteiger partial charge in [0.25, 0.3) is 0 Å². The second kappa shape index (κ2) is 2.24. The molecule has 68 valence electrons. The molecule has 2 N–H and O–H groups in total. The monoisotopic (exact) mass is 167 g/mol. The molecule has 0 aromatic heterocycles. The number of fused-ring (bicyclic) bond motifs is 2. The van der Waals surface area contributed by atoms with Crippen LogP contribution in [0.4, 0.5) is 0 Å². The lowest BCUT2D eigenvalue weighted by molar-refractivity contribution is -0.0810. The van der Waals surface area contributed by atoms with Crippen LogP contribution in [0.5, 0.6) is 0 Å². The van der Waals surface area contributed by atoms with Gasteiger partial charge in [-0.2, -0.15) is 0 Å². The Kier molecular flexibility index (Phi) is 1.37. The average Bonchev–Trinajstić information content (AvgIpc) is 2.39. The van der Waals surface area contributed by atoms with Crippen LogP contribution in [0.15, 0.2) is 0 Å². The zero-order valence-corrected chi connectivity index (χ0v) is 7.42. The van der Waals surface area contributed by atoms with Crippen LogP contribution in [-0.2, 0) is 0 Å². The molecule has 0 radical (unpaired) electrons. The highest BCUT2D eigenvalue weighted by Crippen LogP contribution is 2.54. The molecule has 12 heavy (non-hydrogen) atoms. The Balaban J connectivity index is 1.81. The van der Waals surface area contributed by atoms with Crippen LogP contribution in [-0.4, -0.2) is 23.8 Å². The highest BCUT2D eigenvalue weighted by molar-refractivity contribution is 5.07. The van der Waals surface area contributed by atoms with Gasteiger partial charge < -0.3 is 10.4 Å². The first-order valence-electron chi connectivity index (χ1n) is 5.22. The molecule has 2 nitrogen and oxygen atoms in total. The van der Waals surface area contributed by atoms with Crippen LogP contribution in [0.3, 0.4) is 0 Å². The summed E-state index contributed by atoms with van der Waals surface area (Å²) in [4.78, 5) is 0. The molecule has 3 fully saturated rings. The average molecular weight is 167 g/mol. The van der Waals surface area contributed by atoms with Crippen molar-refractivity contribution in [1.29, 1.82) is 0 Å². The van der Waals surface area contributed by atoms with Crippen LogP contribution in [0.1, 0.15) is 25.7 Å². The lowest BCUT2D eigenvalue weighted by Crippen LogP contribution is -2.58. The largest absolute Gasteiger partial charge is 0.389 e. The van der Waals surface area contributed by atoms with Gasteiger partial charge >= 0.3 is 0 Å². The molecule has 0 spiro atoms. The van der Waals surface area contributed by atoms with E-state index in [0.29, 0.717) is 11.8 Å². The maximum atomic E-state index is 10.5. The summed E-state index contributed by atoms with van der Waals surface area (Å²) in [6.45, 7) is 2.11. The van der Waals surface area contributed by atoms with Gasteiger partial charge in [0, 0.05) is 19.0 Å². The lowest BCUT2D eigenvalue weighted by Gasteiger charge is -2.44. The van der Waals surface area contributed by atoms with Crippen molar-refractivity contribution in [3.63, 3.8) is 0 Å². The molecule has 0 amide bonds. The Bertz CT molecular complexity index is 202. The minimum absolute atomic E-state index is 0.256. The van der Waals surface area contributed by atoms with Gasteiger partial charge in [-0.1, -0.05) is 0 Å². The van der Waals surface area contributed by atoms with Gasteiger partial charge in [-0.05, 0) is 37.5 Å². The molecule has 0 aromatic carbocycles. The van der Waals surface area contributed by atoms with Gasteiger partial charge in [0.2, 0.25) is 0 Å². The SMILES string of the molecule is OC1(C2CNC2)CC2CCC1C2. The third kappa shape index (κ3) is 0.775. The summed E-state index contributed by atoms with van der Waals surface area (Å²) < 4.78 is 0. The molecule has 2 heteroatoms. The van der Waals surface area contributed by atoms with E-state index in [1.807, 2.05) is 0 Å². The van der Waals surface area contributed by atoms with Crippen molar-refractivity contribution < 1.29 is 5.11 Å². The van der Waals surface area contributed by atoms with Crippen LogP contribution in [0.25, 0.3) is 0 Å². The first kappa shape index (κ1) is 7.34. The van der Waals surface area contributed by atoms with Crippen LogP contribution >= 0.6 is 0 Å². The standard InChI is InChI=1S/C10H17NO/c12-10(9-5-11-6-9)4-7-1-2-8(10)3-7/h7-9,11-12H,1-6H2. The number of aliphatic hydroxyl groups is 1. The highest BCUT2D eigenvalue weighted by Gasteiger charge is 2.54. The van der Waals surface area contributed by atoms with Gasteiger partial charge in [0.1, 0.15) is 0 Å². The predicted molar refractivity (Wildman–Crippen MR) is 46.8 cm³/mol. The van der Waals surface area contributed by atoms with Gasteiger partial charge in [-0.3, -0.25) is 0 Å². The van der Waals surface area contributed by atoms with Crippen LogP contribution in [0.2, 0.25) is 0 Å². The topological polar surface area (TPSA) is 32.3 Å². The van der Waals surface area contributed by atoms with E-state index in [2.05, 4.69) is 5.32 Å². The van der Waals surface area contributed by atoms with Crippen molar-refractivity contribution in [2.24, 2.45) is 17.8 Å². The molecule has 3 atom stereocenters. The summed E-state index contributed by atoms with van der Waals surface area (Å²) in [6, 6.07) is 0. The van der Waals surface area contributed by atoms with Crippen molar-refractivity contribution in [2.75, 3.05) is 13.1 Å². The number of hydrogen-bond donors (Lipinski definition) is 2. The highest BCUT2D eigenvalue weighted by atomic mass is 16.3. The van der Waals surface area contributed by atoms with Gasteiger partial charge in [0.05, 0.1) is 5.60 Å². The van der Waals surface area contributed by atoms with Gasteiger partial charge in [-0.25, -0.2) is 0 Å². The first-order chi connectivity index (χ1) is 5.79. The summed E-state index contributed by atoms with van der Waals surface area (Å²) in [6.07, 6.45) is 5.09. The van der Waals surface area contributed by atoms with Crippen LogP contribution in [0, 0.1) is 17.8 Å². The Morgan fingerprint density at radius 2 is 2.00 bits per heavy atom. The van der Waals surface area contributed by atoms with E-state index in [4.69, 9.17) is 0 Å². The summed E-state index contributed by atoms with van der Waals surface area (Å²) in [5, 5.41) is 13.7. The van der Waals surface area contributed by atoms with E-state index in [1.165, 1.54) is 19.3 Å². The fourth-order valence-corrected chi connectivity index (χ4v) is 3.49. The maximum Gasteiger partial charge on any atom is 0.0730 e. The minimum Gasteiger partial charge on any atom is -0.389 e. The van der Waals surface area contributed by atoms with E-state index < -0.39 is 0 Å². The lowest BCUT2D eigenvalue weighted by atomic mass is 9.72. The fraction of sp³-hybridized carbons (Fsp3) is 1.00. The smallest absolute Gasteiger partial charge is 0.0730 e. The van der Waals surface area contributed by atoms with Crippen molar-refractivity contribution in [3.05, 3.63) is 0 Å². The number of hydrogen-bond acceptors (Lipinski definition) is 2. The summed E-state index contributed by atoms with van der Waals surface area (Å²) in [5.74, 6) is 2.09. The zero-order chi connectivity index (χ0) is 8.18. The molecule has 1 aliphatic heterocycles. The minimum atomic E-state index is -0.256. The number of nitrogens with one attached hydrogen (secondary N) is 1. The third-order valence-corrected chi connectivity index (χ3v) is 4.35. The molecule has 2 bridgehead atoms. The first-order valence-corrected chi connectivity index (χ1v) is 5.22. The summed E-state index contributed by atoms with van der Waals surface area (Å²) in [5.41, 5.74) is -0.256. The number of rotatable bonds is 1. The molecular formula is C10H17NO. The van der Waals surface area contributed by atoms with Crippen LogP contribution < -0.4 is 5.32 Å². The Morgan fingerprint density at radius 3 is 2.42 bits per heavy atom. The Hall–Kier alpha value is -0.0800. The second-order valence-corrected chi connectivity index (χ2v) is 4.93. The summed E-state index contributed by atoms with van der Waals surface area (Å²) >= 11 is 0. The molecule has 3 unspecified atom stereocenters. The maximum absolute atomic E-state index is 10.5. The van der Waals surface area contributed by atoms with Crippen molar-refractivity contribution >= 4 is 0 Å². The molecule has 2 aliphatic carbocycles. The normalized spacial score (nSPS) is 52.8. The molecule has 1 saturated heterocycles. The third-order valence-electron chi connectivity index (χ3n) is 4.35. The summed E-state index contributed by atoms with van der Waals surface area (Å²) in [7, 11) is 0. The molecule has 3 rings (SSSR count). The van der Waals surface area contributed by atoms with Crippen molar-refractivity contribution in [3.8, 4) is 0 Å². The quantitative estimate of drug-likeness (QED) is 0.604.